The summed E-state index contributed by atoms with van der Waals surface area (Å²) in [6.07, 6.45) is 1.82. The van der Waals surface area contributed by atoms with Gasteiger partial charge in [0.1, 0.15) is 0 Å². The van der Waals surface area contributed by atoms with Gasteiger partial charge in [-0.1, -0.05) is 5.21 Å². The van der Waals surface area contributed by atoms with Crippen molar-refractivity contribution >= 4 is 5.97 Å². The van der Waals surface area contributed by atoms with E-state index in [2.05, 4.69) is 10.3 Å². The van der Waals surface area contributed by atoms with Crippen LogP contribution >= 0.6 is 0 Å². The van der Waals surface area contributed by atoms with Crippen LogP contribution in [0.25, 0.3) is 0 Å². The molecule has 1 rings (SSSR count). The summed E-state index contributed by atoms with van der Waals surface area (Å²) < 4.78 is 1.71. The number of hydrogen-bond donors (Lipinski definition) is 1. The maximum Gasteiger partial charge on any atom is 0.317 e. The molecule has 0 fully saturated rings. The van der Waals surface area contributed by atoms with Gasteiger partial charge in [0.25, 0.3) is 0 Å². The molecule has 0 unspecified atom stereocenters. The molecule has 0 aliphatic rings. The van der Waals surface area contributed by atoms with Crippen LogP contribution in [-0.4, -0.2) is 44.6 Å². The first-order valence-corrected chi connectivity index (χ1v) is 4.41. The molecule has 0 aromatic carbocycles. The minimum absolute atomic E-state index is 0.0129. The van der Waals surface area contributed by atoms with Crippen molar-refractivity contribution in [3.05, 3.63) is 11.9 Å². The second-order valence-corrected chi connectivity index (χ2v) is 3.13. The van der Waals surface area contributed by atoms with Gasteiger partial charge >= 0.3 is 5.97 Å². The quantitative estimate of drug-likeness (QED) is 0.710. The van der Waals surface area contributed by atoms with Crippen molar-refractivity contribution in [2.75, 3.05) is 13.6 Å². The molecule has 0 atom stereocenters. The molecular formula is C8H14N4O2. The van der Waals surface area contributed by atoms with Crippen molar-refractivity contribution in [2.24, 2.45) is 0 Å². The fourth-order valence-electron chi connectivity index (χ4n) is 1.13. The van der Waals surface area contributed by atoms with E-state index in [1.807, 2.05) is 13.1 Å². The van der Waals surface area contributed by atoms with E-state index >= 15 is 0 Å². The fourth-order valence-corrected chi connectivity index (χ4v) is 1.13. The maximum atomic E-state index is 10.4. The normalized spacial score (nSPS) is 10.8. The third-order valence-electron chi connectivity index (χ3n) is 1.75. The van der Waals surface area contributed by atoms with Crippen molar-refractivity contribution in [3.8, 4) is 0 Å². The zero-order valence-corrected chi connectivity index (χ0v) is 8.34. The molecule has 1 heterocycles. The molecule has 0 radical (unpaired) electrons. The Morgan fingerprint density at radius 1 is 1.71 bits per heavy atom. The molecule has 1 aromatic heterocycles. The van der Waals surface area contributed by atoms with Crippen LogP contribution in [0.5, 0.6) is 0 Å². The average Bonchev–Trinajstić information content (AvgIpc) is 2.50. The van der Waals surface area contributed by atoms with Crippen LogP contribution < -0.4 is 0 Å². The topological polar surface area (TPSA) is 71.2 Å². The molecule has 0 bridgehead atoms. The Hall–Kier alpha value is -1.43. The predicted molar refractivity (Wildman–Crippen MR) is 49.7 cm³/mol. The number of aryl methyl sites for hydroxylation is 1. The van der Waals surface area contributed by atoms with Crippen LogP contribution in [-0.2, 0) is 17.9 Å². The van der Waals surface area contributed by atoms with E-state index in [9.17, 15) is 4.79 Å². The number of carboxylic acids is 1. The Balaban J connectivity index is 2.47. The molecule has 14 heavy (non-hydrogen) atoms. The van der Waals surface area contributed by atoms with E-state index in [1.165, 1.54) is 0 Å². The van der Waals surface area contributed by atoms with Crippen LogP contribution in [0.3, 0.4) is 0 Å². The van der Waals surface area contributed by atoms with Crippen LogP contribution in [0, 0.1) is 0 Å². The first-order chi connectivity index (χ1) is 6.61. The summed E-state index contributed by atoms with van der Waals surface area (Å²) in [6.45, 7) is 3.26. The Morgan fingerprint density at radius 3 is 2.93 bits per heavy atom. The molecule has 6 nitrogen and oxygen atoms in total. The van der Waals surface area contributed by atoms with E-state index in [0.717, 1.165) is 12.2 Å². The van der Waals surface area contributed by atoms with Gasteiger partial charge in [0, 0.05) is 19.3 Å². The van der Waals surface area contributed by atoms with Crippen molar-refractivity contribution < 1.29 is 9.90 Å². The third kappa shape index (κ3) is 3.14. The largest absolute Gasteiger partial charge is 0.480 e. The van der Waals surface area contributed by atoms with Crippen LogP contribution in [0.4, 0.5) is 0 Å². The molecule has 0 amide bonds. The minimum atomic E-state index is -0.838. The average molecular weight is 198 g/mol. The Kier molecular flexibility index (Phi) is 3.58. The molecule has 6 heteroatoms. The number of aliphatic carboxylic acids is 1. The number of carboxylic acid groups (broad SMARTS) is 1. The van der Waals surface area contributed by atoms with Crippen molar-refractivity contribution in [3.63, 3.8) is 0 Å². The summed E-state index contributed by atoms with van der Waals surface area (Å²) >= 11 is 0. The lowest BCUT2D eigenvalue weighted by molar-refractivity contribution is -0.138. The zero-order valence-electron chi connectivity index (χ0n) is 8.34. The molecule has 0 spiro atoms. The molecule has 1 N–H and O–H groups in total. The minimum Gasteiger partial charge on any atom is -0.480 e. The SMILES string of the molecule is CCn1cc(CN(C)CC(=O)O)nn1. The molecule has 0 saturated carbocycles. The molecule has 78 valence electrons. The standard InChI is InChI=1S/C8H14N4O2/c1-3-12-5-7(9-10-12)4-11(2)6-8(13)14/h5H,3-4,6H2,1-2H3,(H,13,14). The first-order valence-electron chi connectivity index (χ1n) is 4.41. The van der Waals surface area contributed by atoms with Crippen molar-refractivity contribution in [1.29, 1.82) is 0 Å². The third-order valence-corrected chi connectivity index (χ3v) is 1.75. The van der Waals surface area contributed by atoms with Gasteiger partial charge in [-0.05, 0) is 14.0 Å². The summed E-state index contributed by atoms with van der Waals surface area (Å²) in [7, 11) is 1.74. The van der Waals surface area contributed by atoms with Gasteiger partial charge in [-0.15, -0.1) is 5.10 Å². The lowest BCUT2D eigenvalue weighted by Gasteiger charge is -2.10. The number of nitrogens with zero attached hydrogens (tertiary/aromatic N) is 4. The lowest BCUT2D eigenvalue weighted by Crippen LogP contribution is -2.25. The summed E-state index contributed by atoms with van der Waals surface area (Å²) in [4.78, 5) is 12.1. The summed E-state index contributed by atoms with van der Waals surface area (Å²) in [5.74, 6) is -0.838. The fraction of sp³-hybridized carbons (Fsp3) is 0.625. The van der Waals surface area contributed by atoms with Gasteiger partial charge in [-0.2, -0.15) is 0 Å². The Labute approximate surface area is 82.1 Å². The highest BCUT2D eigenvalue weighted by Gasteiger charge is 2.07. The van der Waals surface area contributed by atoms with Crippen LogP contribution in [0.1, 0.15) is 12.6 Å². The monoisotopic (exact) mass is 198 g/mol. The van der Waals surface area contributed by atoms with Gasteiger partial charge in [0.15, 0.2) is 0 Å². The molecule has 0 saturated heterocycles. The molecule has 0 aliphatic heterocycles. The highest BCUT2D eigenvalue weighted by molar-refractivity contribution is 5.68. The number of hydrogen-bond acceptors (Lipinski definition) is 4. The summed E-state index contributed by atoms with van der Waals surface area (Å²) in [5, 5.41) is 16.3. The van der Waals surface area contributed by atoms with Crippen LogP contribution in [0.2, 0.25) is 0 Å². The lowest BCUT2D eigenvalue weighted by atomic mass is 10.4. The Bertz CT molecular complexity index is 310. The first kappa shape index (κ1) is 10.6. The number of carbonyl (C=O) groups is 1. The summed E-state index contributed by atoms with van der Waals surface area (Å²) in [6, 6.07) is 0. The smallest absolute Gasteiger partial charge is 0.317 e. The second-order valence-electron chi connectivity index (χ2n) is 3.13. The highest BCUT2D eigenvalue weighted by atomic mass is 16.4. The predicted octanol–water partition coefficient (Wildman–Crippen LogP) is -0.186. The number of aromatic nitrogens is 3. The van der Waals surface area contributed by atoms with Gasteiger partial charge in [-0.3, -0.25) is 14.4 Å². The number of likely N-dealkylation sites (N-methyl/N-ethyl adjacent to an activating group) is 1. The zero-order chi connectivity index (χ0) is 10.6. The van der Waals surface area contributed by atoms with Gasteiger partial charge in [-0.25, -0.2) is 0 Å². The Morgan fingerprint density at radius 2 is 2.43 bits per heavy atom. The number of rotatable bonds is 5. The van der Waals surface area contributed by atoms with Crippen molar-refractivity contribution in [2.45, 2.75) is 20.0 Å². The van der Waals surface area contributed by atoms with E-state index in [0.29, 0.717) is 6.54 Å². The van der Waals surface area contributed by atoms with E-state index in [-0.39, 0.29) is 6.54 Å². The maximum absolute atomic E-state index is 10.4. The van der Waals surface area contributed by atoms with Gasteiger partial charge in [0.05, 0.1) is 12.2 Å². The van der Waals surface area contributed by atoms with Crippen molar-refractivity contribution in [1.82, 2.24) is 19.9 Å². The van der Waals surface area contributed by atoms with E-state index in [1.54, 1.807) is 16.6 Å². The molecule has 0 aliphatic carbocycles. The van der Waals surface area contributed by atoms with E-state index in [4.69, 9.17) is 5.11 Å². The summed E-state index contributed by atoms with van der Waals surface area (Å²) in [5.41, 5.74) is 0.788. The highest BCUT2D eigenvalue weighted by Crippen LogP contribution is 1.97. The van der Waals surface area contributed by atoms with Gasteiger partial charge in [0.2, 0.25) is 0 Å². The molecule has 1 aromatic rings. The second kappa shape index (κ2) is 4.71. The van der Waals surface area contributed by atoms with E-state index < -0.39 is 5.97 Å². The van der Waals surface area contributed by atoms with Gasteiger partial charge < -0.3 is 5.11 Å². The molecular weight excluding hydrogens is 184 g/mol. The van der Waals surface area contributed by atoms with Crippen LogP contribution in [0.15, 0.2) is 6.20 Å².